The molecule has 5 nitrogen and oxygen atoms in total. The molecule has 0 spiro atoms. The number of carbonyl (C=O) groups excluding carboxylic acids is 1. The normalized spacial score (nSPS) is 11.5. The molecule has 0 saturated heterocycles. The van der Waals surface area contributed by atoms with Crippen molar-refractivity contribution in [2.45, 2.75) is 71.6 Å². The summed E-state index contributed by atoms with van der Waals surface area (Å²) in [6, 6.07) is 10.6. The van der Waals surface area contributed by atoms with Crippen molar-refractivity contribution >= 4 is 5.97 Å². The Balaban J connectivity index is 0.000000487. The Hall–Kier alpha value is -2.14. The molecule has 0 fully saturated rings. The number of aliphatic hydroxyl groups is 1. The van der Waals surface area contributed by atoms with Gasteiger partial charge in [-0.25, -0.2) is 9.13 Å². The molecule has 1 N–H and O–H groups in total. The summed E-state index contributed by atoms with van der Waals surface area (Å²) in [6.07, 6.45) is 13.4. The van der Waals surface area contributed by atoms with Crippen molar-refractivity contribution in [2.24, 2.45) is 0 Å². The lowest BCUT2D eigenvalue weighted by atomic mass is 10.1. The molecule has 0 saturated carbocycles. The predicted octanol–water partition coefficient (Wildman–Crippen LogP) is 2.30. The van der Waals surface area contributed by atoms with E-state index in [9.17, 15) is 9.90 Å². The molecule has 1 heterocycles. The highest BCUT2D eigenvalue weighted by Crippen LogP contribution is 2.06. The van der Waals surface area contributed by atoms with Crippen LogP contribution >= 0.6 is 0 Å². The molecular formula is C21H32N2O3. The first-order chi connectivity index (χ1) is 12.5. The molecule has 1 atom stereocenters. The topological polar surface area (TPSA) is 69.2 Å². The fraction of sp³-hybridized carbons (Fsp3) is 0.524. The van der Waals surface area contributed by atoms with Crippen LogP contribution in [0.3, 0.4) is 0 Å². The van der Waals surface area contributed by atoms with Crippen LogP contribution in [0.5, 0.6) is 0 Å². The maximum absolute atomic E-state index is 9.34. The van der Waals surface area contributed by atoms with Crippen LogP contribution in [0, 0.1) is 0 Å². The summed E-state index contributed by atoms with van der Waals surface area (Å²) >= 11 is 0. The van der Waals surface area contributed by atoms with E-state index >= 15 is 0 Å². The first-order valence-corrected chi connectivity index (χ1v) is 9.50. The summed E-state index contributed by atoms with van der Waals surface area (Å²) in [5, 5.41) is 17.3. The van der Waals surface area contributed by atoms with Crippen molar-refractivity contribution in [3.63, 3.8) is 0 Å². The van der Waals surface area contributed by atoms with Crippen molar-refractivity contribution < 1.29 is 19.6 Å². The minimum atomic E-state index is -1.44. The number of aryl methyl sites for hydroxylation is 1. The second-order valence-electron chi connectivity index (χ2n) is 6.57. The van der Waals surface area contributed by atoms with Gasteiger partial charge in [-0.1, -0.05) is 62.9 Å². The third-order valence-corrected chi connectivity index (χ3v) is 4.07. The van der Waals surface area contributed by atoms with Crippen molar-refractivity contribution in [3.8, 4) is 0 Å². The number of aromatic nitrogens is 2. The van der Waals surface area contributed by atoms with Gasteiger partial charge in [-0.3, -0.25) is 0 Å². The fourth-order valence-electron chi connectivity index (χ4n) is 2.53. The third-order valence-electron chi connectivity index (χ3n) is 4.07. The van der Waals surface area contributed by atoms with Gasteiger partial charge in [0.1, 0.15) is 18.9 Å². The SMILES string of the molecule is CC(O)C(=O)[O-].CCCCCCCCn1cc[n+](Cc2ccccc2)c1. The summed E-state index contributed by atoms with van der Waals surface area (Å²) in [5.74, 6) is -1.44. The van der Waals surface area contributed by atoms with E-state index in [2.05, 4.69) is 65.1 Å². The largest absolute Gasteiger partial charge is 0.547 e. The molecule has 1 unspecified atom stereocenters. The quantitative estimate of drug-likeness (QED) is 0.522. The Morgan fingerprint density at radius 3 is 2.38 bits per heavy atom. The van der Waals surface area contributed by atoms with Crippen LogP contribution in [-0.2, 0) is 17.9 Å². The lowest BCUT2D eigenvalue weighted by Gasteiger charge is -2.00. The Kier molecular flexibility index (Phi) is 11.0. The molecule has 0 radical (unpaired) electrons. The van der Waals surface area contributed by atoms with Crippen molar-refractivity contribution in [2.75, 3.05) is 0 Å². The summed E-state index contributed by atoms with van der Waals surface area (Å²) in [5.41, 5.74) is 1.36. The van der Waals surface area contributed by atoms with Crippen LogP contribution < -0.4 is 9.67 Å². The zero-order valence-electron chi connectivity index (χ0n) is 16.0. The Morgan fingerprint density at radius 2 is 1.77 bits per heavy atom. The first kappa shape index (κ1) is 21.9. The van der Waals surface area contributed by atoms with E-state index in [1.165, 1.54) is 44.1 Å². The predicted molar refractivity (Wildman–Crippen MR) is 100 cm³/mol. The van der Waals surface area contributed by atoms with Crippen LogP contribution in [-0.4, -0.2) is 21.7 Å². The molecule has 2 rings (SSSR count). The summed E-state index contributed by atoms with van der Waals surface area (Å²) in [4.78, 5) is 9.34. The highest BCUT2D eigenvalue weighted by Gasteiger charge is 2.04. The highest BCUT2D eigenvalue weighted by atomic mass is 16.4. The third kappa shape index (κ3) is 9.99. The number of carboxylic acids is 1. The molecule has 0 bridgehead atoms. The molecule has 1 aromatic carbocycles. The van der Waals surface area contributed by atoms with Gasteiger partial charge in [0.25, 0.3) is 0 Å². The lowest BCUT2D eigenvalue weighted by Crippen LogP contribution is -2.32. The van der Waals surface area contributed by atoms with E-state index in [4.69, 9.17) is 5.11 Å². The van der Waals surface area contributed by atoms with Gasteiger partial charge in [0, 0.05) is 0 Å². The highest BCUT2D eigenvalue weighted by molar-refractivity contribution is 5.68. The van der Waals surface area contributed by atoms with Crippen LogP contribution in [0.1, 0.15) is 57.9 Å². The number of hydrogen-bond donors (Lipinski definition) is 1. The van der Waals surface area contributed by atoms with E-state index in [0.717, 1.165) is 20.0 Å². The fourth-order valence-corrected chi connectivity index (χ4v) is 2.53. The Labute approximate surface area is 156 Å². The van der Waals surface area contributed by atoms with Crippen molar-refractivity contribution in [1.29, 1.82) is 0 Å². The summed E-state index contributed by atoms with van der Waals surface area (Å²) < 4.78 is 4.56. The monoisotopic (exact) mass is 360 g/mol. The molecule has 1 aromatic heterocycles. The molecule has 26 heavy (non-hydrogen) atoms. The van der Waals surface area contributed by atoms with Crippen molar-refractivity contribution in [1.82, 2.24) is 4.57 Å². The standard InChI is InChI=1S/C18H27N2.C3H6O3/c1-2-3-4-5-6-10-13-19-14-15-20(17-19)16-18-11-8-7-9-12-18;1-2(4)3(5)6/h7-9,11-12,14-15,17H,2-6,10,13,16H2,1H3;2,4H,1H3,(H,5,6)/q+1;/p-1. The zero-order chi connectivity index (χ0) is 19.2. The smallest absolute Gasteiger partial charge is 0.244 e. The molecule has 0 aliphatic rings. The number of aliphatic hydroxyl groups excluding tert-OH is 1. The van der Waals surface area contributed by atoms with E-state index in [1.807, 2.05) is 0 Å². The molecule has 0 aliphatic heterocycles. The van der Waals surface area contributed by atoms with Gasteiger partial charge in [0.15, 0.2) is 0 Å². The van der Waals surface area contributed by atoms with E-state index in [0.29, 0.717) is 0 Å². The van der Waals surface area contributed by atoms with Gasteiger partial charge >= 0.3 is 0 Å². The number of carboxylic acid groups (broad SMARTS) is 1. The number of hydrogen-bond acceptors (Lipinski definition) is 3. The Bertz CT molecular complexity index is 609. The van der Waals surface area contributed by atoms with E-state index in [-0.39, 0.29) is 0 Å². The number of rotatable bonds is 10. The van der Waals surface area contributed by atoms with Gasteiger partial charge in [-0.15, -0.1) is 0 Å². The lowest BCUT2D eigenvalue weighted by molar-refractivity contribution is -0.687. The van der Waals surface area contributed by atoms with Gasteiger partial charge in [-0.05, 0) is 25.3 Å². The summed E-state index contributed by atoms with van der Waals surface area (Å²) in [6.45, 7) is 5.51. The maximum atomic E-state index is 9.34. The molecular weight excluding hydrogens is 328 g/mol. The van der Waals surface area contributed by atoms with Gasteiger partial charge in [0.2, 0.25) is 6.33 Å². The zero-order valence-corrected chi connectivity index (χ0v) is 16.0. The van der Waals surface area contributed by atoms with Gasteiger partial charge in [0.05, 0.1) is 18.6 Å². The van der Waals surface area contributed by atoms with Crippen LogP contribution in [0.4, 0.5) is 0 Å². The number of carbonyl (C=O) groups is 1. The average molecular weight is 360 g/mol. The maximum Gasteiger partial charge on any atom is 0.244 e. The molecule has 5 heteroatoms. The van der Waals surface area contributed by atoms with Crippen LogP contribution in [0.25, 0.3) is 0 Å². The van der Waals surface area contributed by atoms with Crippen LogP contribution in [0.15, 0.2) is 49.1 Å². The average Bonchev–Trinajstić information content (AvgIpc) is 3.06. The first-order valence-electron chi connectivity index (χ1n) is 9.50. The number of aliphatic carboxylic acids is 1. The van der Waals surface area contributed by atoms with Crippen molar-refractivity contribution in [3.05, 3.63) is 54.6 Å². The van der Waals surface area contributed by atoms with E-state index < -0.39 is 12.1 Å². The van der Waals surface area contributed by atoms with Gasteiger partial charge < -0.3 is 15.0 Å². The summed E-state index contributed by atoms with van der Waals surface area (Å²) in [7, 11) is 0. The molecule has 144 valence electrons. The number of nitrogens with zero attached hydrogens (tertiary/aromatic N) is 2. The molecule has 0 amide bonds. The molecule has 0 aliphatic carbocycles. The minimum Gasteiger partial charge on any atom is -0.547 e. The van der Waals surface area contributed by atoms with Gasteiger partial charge in [-0.2, -0.15) is 0 Å². The van der Waals surface area contributed by atoms with Crippen LogP contribution in [0.2, 0.25) is 0 Å². The Morgan fingerprint density at radius 1 is 1.15 bits per heavy atom. The number of benzene rings is 1. The minimum absolute atomic E-state index is 0.963. The van der Waals surface area contributed by atoms with E-state index in [1.54, 1.807) is 0 Å². The number of imidazole rings is 1. The second kappa shape index (κ2) is 13.1. The molecule has 2 aromatic rings. The second-order valence-corrected chi connectivity index (χ2v) is 6.57. The number of unbranched alkanes of at least 4 members (excludes halogenated alkanes) is 5.